The number of aromatic nitrogens is 3. The summed E-state index contributed by atoms with van der Waals surface area (Å²) in [6, 6.07) is 6.20. The van der Waals surface area contributed by atoms with E-state index >= 15 is 0 Å². The topological polar surface area (TPSA) is 56.7 Å². The highest BCUT2D eigenvalue weighted by molar-refractivity contribution is 7.17. The molecule has 19 heavy (non-hydrogen) atoms. The lowest BCUT2D eigenvalue weighted by Gasteiger charge is -2.11. The molecule has 0 fully saturated rings. The van der Waals surface area contributed by atoms with Crippen molar-refractivity contribution in [3.63, 3.8) is 0 Å². The van der Waals surface area contributed by atoms with Gasteiger partial charge in [0.15, 0.2) is 0 Å². The molecule has 0 amide bonds. The van der Waals surface area contributed by atoms with Crippen LogP contribution in [0.2, 0.25) is 0 Å². The van der Waals surface area contributed by atoms with Crippen molar-refractivity contribution in [2.45, 2.75) is 19.4 Å². The zero-order valence-corrected chi connectivity index (χ0v) is 11.8. The van der Waals surface area contributed by atoms with Gasteiger partial charge in [-0.2, -0.15) is 5.10 Å². The summed E-state index contributed by atoms with van der Waals surface area (Å²) in [6.07, 6.45) is 2.65. The molecule has 0 saturated carbocycles. The molecule has 4 nitrogen and oxygen atoms in total. The second kappa shape index (κ2) is 4.75. The first-order valence-electron chi connectivity index (χ1n) is 6.22. The Labute approximate surface area is 115 Å². The number of hydrogen-bond acceptors (Lipinski definition) is 4. The van der Waals surface area contributed by atoms with Gasteiger partial charge < -0.3 is 5.73 Å². The second-order valence-electron chi connectivity index (χ2n) is 4.78. The Kier molecular flexibility index (Phi) is 3.08. The van der Waals surface area contributed by atoms with Crippen LogP contribution in [-0.2, 0) is 13.5 Å². The van der Waals surface area contributed by atoms with Crippen LogP contribution in [0.3, 0.4) is 0 Å². The zero-order valence-electron chi connectivity index (χ0n) is 11.0. The molecule has 0 bridgehead atoms. The summed E-state index contributed by atoms with van der Waals surface area (Å²) in [6.45, 7) is 1.99. The fraction of sp³-hybridized carbons (Fsp3) is 0.286. The minimum absolute atomic E-state index is 0.0474. The summed E-state index contributed by atoms with van der Waals surface area (Å²) in [4.78, 5) is 4.44. The number of rotatable bonds is 3. The Hall–Kier alpha value is -1.72. The number of fused-ring (bicyclic) bond motifs is 1. The molecule has 3 heterocycles. The summed E-state index contributed by atoms with van der Waals surface area (Å²) in [5, 5.41) is 6.40. The third-order valence-electron chi connectivity index (χ3n) is 3.28. The maximum Gasteiger partial charge on any atom is 0.0809 e. The number of thiophene rings is 1. The Morgan fingerprint density at radius 1 is 1.42 bits per heavy atom. The predicted molar refractivity (Wildman–Crippen MR) is 78.2 cm³/mol. The van der Waals surface area contributed by atoms with Crippen molar-refractivity contribution in [2.75, 3.05) is 0 Å². The molecule has 0 aliphatic heterocycles. The summed E-state index contributed by atoms with van der Waals surface area (Å²) in [5.74, 6) is 0. The van der Waals surface area contributed by atoms with Gasteiger partial charge in [0, 0.05) is 31.4 Å². The van der Waals surface area contributed by atoms with Crippen molar-refractivity contribution in [1.29, 1.82) is 0 Å². The van der Waals surface area contributed by atoms with Gasteiger partial charge in [0.25, 0.3) is 0 Å². The largest absolute Gasteiger partial charge is 0.324 e. The zero-order chi connectivity index (χ0) is 13.4. The van der Waals surface area contributed by atoms with Gasteiger partial charge in [-0.3, -0.25) is 9.67 Å². The van der Waals surface area contributed by atoms with Gasteiger partial charge in [-0.05, 0) is 36.1 Å². The first-order valence-corrected chi connectivity index (χ1v) is 7.09. The maximum absolute atomic E-state index is 6.29. The highest BCUT2D eigenvalue weighted by Crippen LogP contribution is 2.23. The molecule has 3 aromatic rings. The normalized spacial score (nSPS) is 13.0. The number of aryl methyl sites for hydroxylation is 2. The van der Waals surface area contributed by atoms with Gasteiger partial charge in [0.1, 0.15) is 0 Å². The van der Waals surface area contributed by atoms with E-state index in [2.05, 4.69) is 27.6 Å². The van der Waals surface area contributed by atoms with Crippen molar-refractivity contribution in [2.24, 2.45) is 12.8 Å². The van der Waals surface area contributed by atoms with Gasteiger partial charge >= 0.3 is 0 Å². The van der Waals surface area contributed by atoms with E-state index in [1.807, 2.05) is 30.9 Å². The average Bonchev–Trinajstić information content (AvgIpc) is 2.95. The third-order valence-corrected chi connectivity index (χ3v) is 4.13. The monoisotopic (exact) mass is 272 g/mol. The molecule has 1 unspecified atom stereocenters. The Balaban J connectivity index is 1.86. The van der Waals surface area contributed by atoms with Crippen molar-refractivity contribution in [3.05, 3.63) is 46.7 Å². The number of nitrogens with two attached hydrogens (primary N) is 1. The van der Waals surface area contributed by atoms with Gasteiger partial charge in [0.2, 0.25) is 0 Å². The molecule has 0 radical (unpaired) electrons. The molecule has 0 spiro atoms. The van der Waals surface area contributed by atoms with E-state index < -0.39 is 0 Å². The lowest BCUT2D eigenvalue weighted by Crippen LogP contribution is -2.15. The summed E-state index contributed by atoms with van der Waals surface area (Å²) in [7, 11) is 1.95. The molecule has 0 aliphatic carbocycles. The Bertz CT molecular complexity index is 713. The van der Waals surface area contributed by atoms with Crippen molar-refractivity contribution >= 4 is 21.6 Å². The highest BCUT2D eigenvalue weighted by atomic mass is 32.1. The summed E-state index contributed by atoms with van der Waals surface area (Å²) < 4.78 is 3.08. The minimum Gasteiger partial charge on any atom is -0.324 e. The van der Waals surface area contributed by atoms with Crippen molar-refractivity contribution in [3.8, 4) is 0 Å². The molecular weight excluding hydrogens is 256 g/mol. The van der Waals surface area contributed by atoms with E-state index in [4.69, 9.17) is 5.73 Å². The number of nitrogens with zero attached hydrogens (tertiary/aromatic N) is 3. The fourth-order valence-electron chi connectivity index (χ4n) is 2.26. The lowest BCUT2D eigenvalue weighted by atomic mass is 10.0. The van der Waals surface area contributed by atoms with Crippen LogP contribution in [0.5, 0.6) is 0 Å². The second-order valence-corrected chi connectivity index (χ2v) is 5.73. The standard InChI is InChI=1S/C14H16N4S/c1-9-5-11(18(2)17-9)7-12(15)10-6-14-13(16-8-10)3-4-19-14/h3-6,8,12H,7,15H2,1-2H3. The smallest absolute Gasteiger partial charge is 0.0809 e. The first-order chi connectivity index (χ1) is 9.13. The molecule has 0 aliphatic rings. The van der Waals surface area contributed by atoms with E-state index in [1.54, 1.807) is 11.3 Å². The number of pyridine rings is 1. The van der Waals surface area contributed by atoms with Crippen LogP contribution < -0.4 is 5.73 Å². The first kappa shape index (κ1) is 12.3. The van der Waals surface area contributed by atoms with E-state index in [-0.39, 0.29) is 6.04 Å². The minimum atomic E-state index is -0.0474. The Morgan fingerprint density at radius 3 is 3.00 bits per heavy atom. The van der Waals surface area contributed by atoms with Gasteiger partial charge in [0.05, 0.1) is 15.9 Å². The maximum atomic E-state index is 6.29. The van der Waals surface area contributed by atoms with Crippen LogP contribution >= 0.6 is 11.3 Å². The van der Waals surface area contributed by atoms with Gasteiger partial charge in [-0.1, -0.05) is 0 Å². The molecule has 1 atom stereocenters. The van der Waals surface area contributed by atoms with Crippen molar-refractivity contribution in [1.82, 2.24) is 14.8 Å². The molecule has 3 rings (SSSR count). The van der Waals surface area contributed by atoms with E-state index in [0.29, 0.717) is 0 Å². The van der Waals surface area contributed by atoms with Crippen molar-refractivity contribution < 1.29 is 0 Å². The van der Waals surface area contributed by atoms with Crippen LogP contribution in [0, 0.1) is 6.92 Å². The lowest BCUT2D eigenvalue weighted by molar-refractivity contribution is 0.639. The molecular formula is C14H16N4S. The molecule has 0 aromatic carbocycles. The van der Waals surface area contributed by atoms with E-state index in [0.717, 1.165) is 28.9 Å². The quantitative estimate of drug-likeness (QED) is 0.797. The van der Waals surface area contributed by atoms with Gasteiger partial charge in [-0.25, -0.2) is 0 Å². The molecule has 2 N–H and O–H groups in total. The summed E-state index contributed by atoms with van der Waals surface area (Å²) in [5.41, 5.74) is 10.6. The van der Waals surface area contributed by atoms with Gasteiger partial charge in [-0.15, -0.1) is 11.3 Å². The highest BCUT2D eigenvalue weighted by Gasteiger charge is 2.12. The third kappa shape index (κ3) is 2.39. The SMILES string of the molecule is Cc1cc(CC(N)c2cnc3ccsc3c2)n(C)n1. The molecule has 98 valence electrons. The van der Waals surface area contributed by atoms with Crippen LogP contribution in [0.4, 0.5) is 0 Å². The Morgan fingerprint density at radius 2 is 2.26 bits per heavy atom. The average molecular weight is 272 g/mol. The predicted octanol–water partition coefficient (Wildman–Crippen LogP) is 2.58. The van der Waals surface area contributed by atoms with Crippen LogP contribution in [0.1, 0.15) is 23.0 Å². The van der Waals surface area contributed by atoms with E-state index in [9.17, 15) is 0 Å². The molecule has 3 aromatic heterocycles. The van der Waals surface area contributed by atoms with Crippen LogP contribution in [0.15, 0.2) is 29.8 Å². The summed E-state index contributed by atoms with van der Waals surface area (Å²) >= 11 is 1.70. The molecule has 0 saturated heterocycles. The van der Waals surface area contributed by atoms with E-state index in [1.165, 1.54) is 4.70 Å². The number of hydrogen-bond donors (Lipinski definition) is 1. The van der Waals surface area contributed by atoms with Crippen LogP contribution in [-0.4, -0.2) is 14.8 Å². The van der Waals surface area contributed by atoms with Crippen LogP contribution in [0.25, 0.3) is 10.2 Å². The molecule has 5 heteroatoms. The fourth-order valence-corrected chi connectivity index (χ4v) is 3.05.